The van der Waals surface area contributed by atoms with Crippen LogP contribution in [0.4, 0.5) is 4.39 Å². The highest BCUT2D eigenvalue weighted by Gasteiger charge is 2.34. The minimum atomic E-state index is -0.334. The van der Waals surface area contributed by atoms with Crippen molar-refractivity contribution in [2.75, 3.05) is 0 Å². The highest BCUT2D eigenvalue weighted by molar-refractivity contribution is 5.77. The van der Waals surface area contributed by atoms with Crippen molar-refractivity contribution < 1.29 is 9.18 Å². The van der Waals surface area contributed by atoms with Crippen LogP contribution in [0.3, 0.4) is 0 Å². The maximum atomic E-state index is 13.5. The fraction of sp³-hybridized carbons (Fsp3) is 0.500. The summed E-state index contributed by atoms with van der Waals surface area (Å²) in [7, 11) is 0. The molecular weight excluding hydrogens is 231 g/mol. The van der Waals surface area contributed by atoms with Crippen LogP contribution >= 0.6 is 0 Å². The number of carbonyl (C=O) groups is 1. The summed E-state index contributed by atoms with van der Waals surface area (Å²) in [5.41, 5.74) is 6.18. The molecule has 1 aromatic carbocycles. The fourth-order valence-electron chi connectivity index (χ4n) is 2.32. The highest BCUT2D eigenvalue weighted by atomic mass is 19.1. The fourth-order valence-corrected chi connectivity index (χ4v) is 2.32. The third kappa shape index (κ3) is 2.88. The zero-order valence-corrected chi connectivity index (χ0v) is 10.6. The Morgan fingerprint density at radius 3 is 2.72 bits per heavy atom. The average molecular weight is 250 g/mol. The lowest BCUT2D eigenvalue weighted by molar-refractivity contribution is -0.123. The van der Waals surface area contributed by atoms with Crippen LogP contribution in [0.1, 0.15) is 44.2 Å². The minimum Gasteiger partial charge on any atom is -0.349 e. The molecule has 0 heterocycles. The molecular formula is C14H19FN2O. The number of hydrogen-bond acceptors (Lipinski definition) is 2. The molecule has 1 aromatic rings. The quantitative estimate of drug-likeness (QED) is 0.861. The van der Waals surface area contributed by atoms with Crippen LogP contribution in [-0.2, 0) is 4.79 Å². The first-order valence-corrected chi connectivity index (χ1v) is 6.33. The van der Waals surface area contributed by atoms with Crippen molar-refractivity contribution in [2.45, 2.75) is 44.2 Å². The van der Waals surface area contributed by atoms with Crippen LogP contribution < -0.4 is 11.1 Å². The first-order valence-electron chi connectivity index (χ1n) is 6.33. The zero-order valence-electron chi connectivity index (χ0n) is 10.6. The Kier molecular flexibility index (Phi) is 3.66. The van der Waals surface area contributed by atoms with Crippen LogP contribution in [0.5, 0.6) is 0 Å². The van der Waals surface area contributed by atoms with Gasteiger partial charge >= 0.3 is 0 Å². The number of benzene rings is 1. The molecule has 1 fully saturated rings. The summed E-state index contributed by atoms with van der Waals surface area (Å²) in [4.78, 5) is 11.8. The molecule has 98 valence electrons. The molecule has 1 aliphatic rings. The summed E-state index contributed by atoms with van der Waals surface area (Å²) >= 11 is 0. The summed E-state index contributed by atoms with van der Waals surface area (Å²) in [6.45, 7) is 1.78. The Morgan fingerprint density at radius 2 is 2.17 bits per heavy atom. The standard InChI is InChI=1S/C14H19FN2O/c1-10(11-5-2-3-6-12(11)15)17-13(18)9-14(16)7-4-8-14/h2-3,5-6,10H,4,7-9,16H2,1H3,(H,17,18)/t10-/m1/s1. The third-order valence-electron chi connectivity index (χ3n) is 3.61. The number of amides is 1. The molecule has 0 aliphatic heterocycles. The van der Waals surface area contributed by atoms with Gasteiger partial charge in [-0.15, -0.1) is 0 Å². The Morgan fingerprint density at radius 1 is 1.50 bits per heavy atom. The lowest BCUT2D eigenvalue weighted by Crippen LogP contribution is -2.50. The minimum absolute atomic E-state index is 0.104. The molecule has 1 aliphatic carbocycles. The van der Waals surface area contributed by atoms with E-state index in [1.807, 2.05) is 0 Å². The van der Waals surface area contributed by atoms with E-state index in [1.165, 1.54) is 6.07 Å². The number of nitrogens with two attached hydrogens (primary N) is 1. The van der Waals surface area contributed by atoms with Crippen molar-refractivity contribution in [3.63, 3.8) is 0 Å². The van der Waals surface area contributed by atoms with E-state index >= 15 is 0 Å². The van der Waals surface area contributed by atoms with Gasteiger partial charge in [0.2, 0.25) is 5.91 Å². The van der Waals surface area contributed by atoms with Crippen molar-refractivity contribution in [3.8, 4) is 0 Å². The first kappa shape index (κ1) is 13.0. The van der Waals surface area contributed by atoms with E-state index in [4.69, 9.17) is 5.73 Å². The predicted molar refractivity (Wildman–Crippen MR) is 68.3 cm³/mol. The molecule has 1 saturated carbocycles. The average Bonchev–Trinajstić information content (AvgIpc) is 2.27. The number of nitrogens with one attached hydrogen (secondary N) is 1. The van der Waals surface area contributed by atoms with Gasteiger partial charge in [0.15, 0.2) is 0 Å². The van der Waals surface area contributed by atoms with Crippen molar-refractivity contribution in [2.24, 2.45) is 5.73 Å². The molecule has 0 bridgehead atoms. The van der Waals surface area contributed by atoms with E-state index < -0.39 is 0 Å². The summed E-state index contributed by atoms with van der Waals surface area (Å²) in [5, 5.41) is 2.80. The van der Waals surface area contributed by atoms with E-state index in [1.54, 1.807) is 25.1 Å². The van der Waals surface area contributed by atoms with E-state index in [-0.39, 0.29) is 23.3 Å². The maximum Gasteiger partial charge on any atom is 0.222 e. The second kappa shape index (κ2) is 5.06. The third-order valence-corrected chi connectivity index (χ3v) is 3.61. The van der Waals surface area contributed by atoms with E-state index in [0.717, 1.165) is 19.3 Å². The number of rotatable bonds is 4. The van der Waals surface area contributed by atoms with Crippen molar-refractivity contribution in [1.29, 1.82) is 0 Å². The molecule has 0 aromatic heterocycles. The van der Waals surface area contributed by atoms with Crippen molar-refractivity contribution in [3.05, 3.63) is 35.6 Å². The van der Waals surface area contributed by atoms with Gasteiger partial charge in [0.25, 0.3) is 0 Å². The number of carbonyl (C=O) groups excluding carboxylic acids is 1. The maximum absolute atomic E-state index is 13.5. The van der Waals surface area contributed by atoms with Gasteiger partial charge in [-0.1, -0.05) is 18.2 Å². The Balaban J connectivity index is 1.93. The molecule has 2 rings (SSSR count). The molecule has 3 N–H and O–H groups in total. The molecule has 0 radical (unpaired) electrons. The molecule has 0 spiro atoms. The number of hydrogen-bond donors (Lipinski definition) is 2. The van der Waals surface area contributed by atoms with E-state index in [0.29, 0.717) is 12.0 Å². The van der Waals surface area contributed by atoms with E-state index in [2.05, 4.69) is 5.32 Å². The molecule has 4 heteroatoms. The second-order valence-electron chi connectivity index (χ2n) is 5.20. The second-order valence-corrected chi connectivity index (χ2v) is 5.20. The van der Waals surface area contributed by atoms with Gasteiger partial charge < -0.3 is 11.1 Å². The Hall–Kier alpha value is -1.42. The molecule has 0 unspecified atom stereocenters. The first-order chi connectivity index (χ1) is 8.50. The van der Waals surface area contributed by atoms with Gasteiger partial charge in [-0.2, -0.15) is 0 Å². The largest absolute Gasteiger partial charge is 0.349 e. The SMILES string of the molecule is C[C@@H](NC(=O)CC1(N)CCC1)c1ccccc1F. The van der Waals surface area contributed by atoms with Crippen LogP contribution in [0.2, 0.25) is 0 Å². The predicted octanol–water partition coefficient (Wildman–Crippen LogP) is 2.27. The highest BCUT2D eigenvalue weighted by Crippen LogP contribution is 2.32. The lowest BCUT2D eigenvalue weighted by atomic mass is 9.75. The van der Waals surface area contributed by atoms with Gasteiger partial charge in [0, 0.05) is 17.5 Å². The van der Waals surface area contributed by atoms with Crippen LogP contribution in [0.15, 0.2) is 24.3 Å². The van der Waals surface area contributed by atoms with Crippen LogP contribution in [0, 0.1) is 5.82 Å². The van der Waals surface area contributed by atoms with Gasteiger partial charge in [0.05, 0.1) is 6.04 Å². The Labute approximate surface area is 107 Å². The summed E-state index contributed by atoms with van der Waals surface area (Å²) in [6.07, 6.45) is 3.21. The van der Waals surface area contributed by atoms with Gasteiger partial charge in [-0.05, 0) is 32.3 Å². The van der Waals surface area contributed by atoms with Gasteiger partial charge in [0.1, 0.15) is 5.82 Å². The normalized spacial score (nSPS) is 18.8. The van der Waals surface area contributed by atoms with Crippen molar-refractivity contribution in [1.82, 2.24) is 5.32 Å². The molecule has 18 heavy (non-hydrogen) atoms. The molecule has 1 atom stereocenters. The number of halogens is 1. The lowest BCUT2D eigenvalue weighted by Gasteiger charge is -2.37. The monoisotopic (exact) mass is 250 g/mol. The molecule has 1 amide bonds. The summed E-state index contributed by atoms with van der Waals surface area (Å²) in [6, 6.07) is 6.15. The Bertz CT molecular complexity index is 443. The molecule has 3 nitrogen and oxygen atoms in total. The smallest absolute Gasteiger partial charge is 0.222 e. The van der Waals surface area contributed by atoms with Gasteiger partial charge in [-0.3, -0.25) is 4.79 Å². The van der Waals surface area contributed by atoms with Crippen LogP contribution in [-0.4, -0.2) is 11.4 Å². The summed E-state index contributed by atoms with van der Waals surface area (Å²) < 4.78 is 13.5. The van der Waals surface area contributed by atoms with Gasteiger partial charge in [-0.25, -0.2) is 4.39 Å². The van der Waals surface area contributed by atoms with Crippen LogP contribution in [0.25, 0.3) is 0 Å². The van der Waals surface area contributed by atoms with E-state index in [9.17, 15) is 9.18 Å². The van der Waals surface area contributed by atoms with Crippen molar-refractivity contribution >= 4 is 5.91 Å². The zero-order chi connectivity index (χ0) is 13.2. The molecule has 0 saturated heterocycles. The topological polar surface area (TPSA) is 55.1 Å². The summed E-state index contributed by atoms with van der Waals surface area (Å²) in [5.74, 6) is -0.399.